The third kappa shape index (κ3) is 4.75. The number of H-pyrrole nitrogens is 1. The highest BCUT2D eigenvalue weighted by Crippen LogP contribution is 2.22. The van der Waals surface area contributed by atoms with Crippen molar-refractivity contribution < 1.29 is 4.39 Å². The minimum absolute atomic E-state index is 0.238. The highest BCUT2D eigenvalue weighted by atomic mass is 19.1. The highest BCUT2D eigenvalue weighted by molar-refractivity contribution is 5.62. The van der Waals surface area contributed by atoms with Crippen LogP contribution < -0.4 is 5.73 Å². The van der Waals surface area contributed by atoms with E-state index in [1.54, 1.807) is 12.1 Å². The summed E-state index contributed by atoms with van der Waals surface area (Å²) in [6.45, 7) is 3.11. The van der Waals surface area contributed by atoms with Crippen molar-refractivity contribution >= 4 is 0 Å². The minimum Gasteiger partial charge on any atom is -0.329 e. The standard InChI is InChI=1S/C20H23FN4/c21-19-8-6-17(7-9-19)20-18(14-23-24-20)15-25(13-11-22)12-10-16-4-2-1-3-5-16/h1-9,14H,10-13,15,22H2,(H,23,24). The summed E-state index contributed by atoms with van der Waals surface area (Å²) in [6.07, 6.45) is 2.81. The third-order valence-electron chi connectivity index (χ3n) is 4.25. The molecule has 3 aromatic rings. The molecule has 0 spiro atoms. The van der Waals surface area contributed by atoms with Gasteiger partial charge in [-0.15, -0.1) is 0 Å². The molecule has 0 aliphatic heterocycles. The van der Waals surface area contributed by atoms with Crippen molar-refractivity contribution in [3.8, 4) is 11.3 Å². The van der Waals surface area contributed by atoms with Crippen LogP contribution in [0.4, 0.5) is 4.39 Å². The topological polar surface area (TPSA) is 57.9 Å². The van der Waals surface area contributed by atoms with Crippen molar-refractivity contribution in [2.45, 2.75) is 13.0 Å². The van der Waals surface area contributed by atoms with Gasteiger partial charge in [0.15, 0.2) is 0 Å². The largest absolute Gasteiger partial charge is 0.329 e. The number of benzene rings is 2. The van der Waals surface area contributed by atoms with E-state index in [0.717, 1.165) is 42.9 Å². The summed E-state index contributed by atoms with van der Waals surface area (Å²) in [6, 6.07) is 16.9. The van der Waals surface area contributed by atoms with E-state index in [4.69, 9.17) is 5.73 Å². The molecule has 2 aromatic carbocycles. The smallest absolute Gasteiger partial charge is 0.123 e. The lowest BCUT2D eigenvalue weighted by molar-refractivity contribution is 0.277. The average molecular weight is 338 g/mol. The first-order valence-electron chi connectivity index (χ1n) is 8.51. The van der Waals surface area contributed by atoms with E-state index >= 15 is 0 Å². The molecule has 1 aromatic heterocycles. The van der Waals surface area contributed by atoms with Crippen molar-refractivity contribution in [3.63, 3.8) is 0 Å². The van der Waals surface area contributed by atoms with Crippen molar-refractivity contribution in [3.05, 3.63) is 77.7 Å². The molecule has 0 amide bonds. The maximum absolute atomic E-state index is 13.2. The number of nitrogens with zero attached hydrogens (tertiary/aromatic N) is 2. The van der Waals surface area contributed by atoms with Crippen LogP contribution in [0.25, 0.3) is 11.3 Å². The fourth-order valence-electron chi connectivity index (χ4n) is 2.92. The molecule has 3 rings (SSSR count). The fourth-order valence-corrected chi connectivity index (χ4v) is 2.92. The molecule has 1 heterocycles. The predicted octanol–water partition coefficient (Wildman–Crippen LogP) is 3.22. The van der Waals surface area contributed by atoms with Crippen LogP contribution in [-0.4, -0.2) is 34.7 Å². The summed E-state index contributed by atoms with van der Waals surface area (Å²) >= 11 is 0. The highest BCUT2D eigenvalue weighted by Gasteiger charge is 2.12. The Balaban J connectivity index is 1.70. The van der Waals surface area contributed by atoms with Gasteiger partial charge < -0.3 is 5.73 Å². The van der Waals surface area contributed by atoms with E-state index in [2.05, 4.69) is 39.4 Å². The number of hydrogen-bond acceptors (Lipinski definition) is 3. The molecule has 0 fully saturated rings. The van der Waals surface area contributed by atoms with Crippen LogP contribution in [0.5, 0.6) is 0 Å². The van der Waals surface area contributed by atoms with Gasteiger partial charge in [0.05, 0.1) is 11.9 Å². The predicted molar refractivity (Wildman–Crippen MR) is 98.5 cm³/mol. The van der Waals surface area contributed by atoms with Gasteiger partial charge >= 0.3 is 0 Å². The van der Waals surface area contributed by atoms with E-state index in [-0.39, 0.29) is 5.82 Å². The minimum atomic E-state index is -0.238. The van der Waals surface area contributed by atoms with Crippen LogP contribution in [0.3, 0.4) is 0 Å². The molecule has 0 saturated heterocycles. The summed E-state index contributed by atoms with van der Waals surface area (Å²) in [5.74, 6) is -0.238. The number of aromatic nitrogens is 2. The molecule has 0 atom stereocenters. The fraction of sp³-hybridized carbons (Fsp3) is 0.250. The molecule has 130 valence electrons. The first kappa shape index (κ1) is 17.3. The lowest BCUT2D eigenvalue weighted by atomic mass is 10.1. The number of nitrogens with two attached hydrogens (primary N) is 1. The van der Waals surface area contributed by atoms with E-state index in [1.165, 1.54) is 17.7 Å². The second-order valence-corrected chi connectivity index (χ2v) is 6.08. The van der Waals surface area contributed by atoms with Crippen LogP contribution >= 0.6 is 0 Å². The summed E-state index contributed by atoms with van der Waals surface area (Å²) in [4.78, 5) is 2.32. The van der Waals surface area contributed by atoms with Crippen molar-refractivity contribution in [2.75, 3.05) is 19.6 Å². The van der Waals surface area contributed by atoms with Gasteiger partial charge in [0, 0.05) is 37.3 Å². The molecule has 3 N–H and O–H groups in total. The second kappa shape index (κ2) is 8.55. The number of halogens is 1. The van der Waals surface area contributed by atoms with Crippen molar-refractivity contribution in [1.82, 2.24) is 15.1 Å². The first-order chi connectivity index (χ1) is 12.3. The molecule has 5 heteroatoms. The molecule has 25 heavy (non-hydrogen) atoms. The maximum Gasteiger partial charge on any atom is 0.123 e. The van der Waals surface area contributed by atoms with Gasteiger partial charge in [-0.1, -0.05) is 30.3 Å². The number of aromatic amines is 1. The molecule has 4 nitrogen and oxygen atoms in total. The van der Waals surface area contributed by atoms with E-state index in [0.29, 0.717) is 6.54 Å². The molecular weight excluding hydrogens is 315 g/mol. The Hall–Kier alpha value is -2.50. The van der Waals surface area contributed by atoms with Crippen LogP contribution in [0, 0.1) is 5.82 Å². The van der Waals surface area contributed by atoms with Gasteiger partial charge in [-0.2, -0.15) is 5.10 Å². The monoisotopic (exact) mass is 338 g/mol. The first-order valence-corrected chi connectivity index (χ1v) is 8.51. The van der Waals surface area contributed by atoms with Gasteiger partial charge in [0.2, 0.25) is 0 Å². The molecular formula is C20H23FN4. The van der Waals surface area contributed by atoms with Gasteiger partial charge in [-0.3, -0.25) is 10.00 Å². The van der Waals surface area contributed by atoms with Crippen LogP contribution in [0.1, 0.15) is 11.1 Å². The van der Waals surface area contributed by atoms with Crippen molar-refractivity contribution in [1.29, 1.82) is 0 Å². The van der Waals surface area contributed by atoms with Crippen LogP contribution in [0.15, 0.2) is 60.8 Å². The summed E-state index contributed by atoms with van der Waals surface area (Å²) in [7, 11) is 0. The lowest BCUT2D eigenvalue weighted by Gasteiger charge is -2.21. The van der Waals surface area contributed by atoms with Gasteiger partial charge in [-0.25, -0.2) is 4.39 Å². The van der Waals surface area contributed by atoms with Gasteiger partial charge in [0.1, 0.15) is 5.82 Å². The number of rotatable bonds is 8. The van der Waals surface area contributed by atoms with E-state index in [9.17, 15) is 4.39 Å². The molecule has 0 saturated carbocycles. The molecule has 0 aliphatic carbocycles. The Bertz CT molecular complexity index is 768. The average Bonchev–Trinajstić information content (AvgIpc) is 3.09. The van der Waals surface area contributed by atoms with E-state index < -0.39 is 0 Å². The Morgan fingerprint density at radius 1 is 1.00 bits per heavy atom. The van der Waals surface area contributed by atoms with Crippen molar-refractivity contribution in [2.24, 2.45) is 5.73 Å². The summed E-state index contributed by atoms with van der Waals surface area (Å²) in [5.41, 5.74) is 10.1. The van der Waals surface area contributed by atoms with Gasteiger partial charge in [-0.05, 0) is 36.2 Å². The number of hydrogen-bond donors (Lipinski definition) is 2. The summed E-state index contributed by atoms with van der Waals surface area (Å²) in [5, 5.41) is 7.21. The Kier molecular flexibility index (Phi) is 5.93. The molecule has 0 radical (unpaired) electrons. The lowest BCUT2D eigenvalue weighted by Crippen LogP contribution is -2.31. The molecule has 0 bridgehead atoms. The molecule has 0 unspecified atom stereocenters. The zero-order chi connectivity index (χ0) is 17.5. The zero-order valence-corrected chi connectivity index (χ0v) is 14.2. The quantitative estimate of drug-likeness (QED) is 0.663. The zero-order valence-electron chi connectivity index (χ0n) is 14.2. The van der Waals surface area contributed by atoms with Gasteiger partial charge in [0.25, 0.3) is 0 Å². The SMILES string of the molecule is NCCN(CCc1ccccc1)Cc1cn[nH]c1-c1ccc(F)cc1. The molecule has 0 aliphatic rings. The normalized spacial score (nSPS) is 11.2. The van der Waals surface area contributed by atoms with E-state index in [1.807, 2.05) is 12.3 Å². The third-order valence-corrected chi connectivity index (χ3v) is 4.25. The Morgan fingerprint density at radius 3 is 2.48 bits per heavy atom. The summed E-state index contributed by atoms with van der Waals surface area (Å²) < 4.78 is 13.2. The van der Waals surface area contributed by atoms with Crippen LogP contribution in [-0.2, 0) is 13.0 Å². The Morgan fingerprint density at radius 2 is 1.76 bits per heavy atom. The maximum atomic E-state index is 13.2. The second-order valence-electron chi connectivity index (χ2n) is 6.08. The Labute approximate surface area is 147 Å². The van der Waals surface area contributed by atoms with Crippen LogP contribution in [0.2, 0.25) is 0 Å². The number of nitrogens with one attached hydrogen (secondary N) is 1.